The lowest BCUT2D eigenvalue weighted by Crippen LogP contribution is -2.02. The highest BCUT2D eigenvalue weighted by Crippen LogP contribution is 2.47. The molecule has 1 aliphatic rings. The second kappa shape index (κ2) is 4.57. The van der Waals surface area contributed by atoms with Crippen molar-refractivity contribution >= 4 is 22.4 Å². The molecule has 0 aliphatic heterocycles. The summed E-state index contributed by atoms with van der Waals surface area (Å²) in [4.78, 5) is 4.10. The fraction of sp³-hybridized carbons (Fsp3) is 0.385. The summed E-state index contributed by atoms with van der Waals surface area (Å²) >= 11 is 1.47. The van der Waals surface area contributed by atoms with Gasteiger partial charge in [0.2, 0.25) is 0 Å². The number of aromatic nitrogens is 2. The predicted octanol–water partition coefficient (Wildman–Crippen LogP) is 2.92. The molecule has 3 N–H and O–H groups in total. The number of hydrogen-bond acceptors (Lipinski definition) is 5. The Kier molecular flexibility index (Phi) is 2.91. The summed E-state index contributed by atoms with van der Waals surface area (Å²) in [6.45, 7) is 2.88. The van der Waals surface area contributed by atoms with Crippen LogP contribution in [-0.2, 0) is 6.54 Å². The van der Waals surface area contributed by atoms with Crippen LogP contribution in [0, 0.1) is 6.92 Å². The number of hydrogen-bond donors (Lipinski definition) is 2. The predicted molar refractivity (Wildman–Crippen MR) is 74.8 cm³/mol. The summed E-state index contributed by atoms with van der Waals surface area (Å²) in [6.07, 6.45) is 6.20. The van der Waals surface area contributed by atoms with E-state index in [1.165, 1.54) is 41.1 Å². The molecule has 0 bridgehead atoms. The minimum atomic E-state index is 0.629. The van der Waals surface area contributed by atoms with Crippen molar-refractivity contribution in [3.63, 3.8) is 0 Å². The van der Waals surface area contributed by atoms with E-state index in [1.54, 1.807) is 0 Å². The SMILES string of the molecule is Cc1cnccc1CNc1snc(N)c1C1CC1. The molecule has 1 fully saturated rings. The quantitative estimate of drug-likeness (QED) is 0.887. The maximum absolute atomic E-state index is 5.93. The zero-order chi connectivity index (χ0) is 12.5. The lowest BCUT2D eigenvalue weighted by atomic mass is 10.1. The number of nitrogen functional groups attached to an aromatic ring is 1. The number of anilines is 2. The Balaban J connectivity index is 1.76. The van der Waals surface area contributed by atoms with E-state index in [0.29, 0.717) is 11.7 Å². The minimum Gasteiger partial charge on any atom is -0.383 e. The van der Waals surface area contributed by atoms with Crippen LogP contribution in [0.3, 0.4) is 0 Å². The first-order valence-electron chi connectivity index (χ1n) is 6.14. The highest BCUT2D eigenvalue weighted by Gasteiger charge is 2.30. The summed E-state index contributed by atoms with van der Waals surface area (Å²) in [6, 6.07) is 2.05. The maximum atomic E-state index is 5.93. The van der Waals surface area contributed by atoms with Crippen molar-refractivity contribution in [2.24, 2.45) is 0 Å². The first-order valence-corrected chi connectivity index (χ1v) is 6.91. The molecule has 3 rings (SSSR count). The molecule has 0 amide bonds. The van der Waals surface area contributed by atoms with Crippen LogP contribution in [0.4, 0.5) is 10.8 Å². The molecule has 2 aromatic rings. The van der Waals surface area contributed by atoms with Gasteiger partial charge in [0.15, 0.2) is 0 Å². The fourth-order valence-electron chi connectivity index (χ4n) is 2.08. The van der Waals surface area contributed by atoms with E-state index >= 15 is 0 Å². The highest BCUT2D eigenvalue weighted by molar-refractivity contribution is 7.10. The van der Waals surface area contributed by atoms with Crippen molar-refractivity contribution in [3.05, 3.63) is 35.2 Å². The standard InChI is InChI=1S/C13H16N4S/c1-8-6-15-5-4-10(8)7-16-13-11(9-2-3-9)12(14)17-18-13/h4-6,9,16H,2-3,7H2,1H3,(H2,14,17). The zero-order valence-corrected chi connectivity index (χ0v) is 11.1. The van der Waals surface area contributed by atoms with Crippen molar-refractivity contribution in [2.45, 2.75) is 32.2 Å². The third-order valence-electron chi connectivity index (χ3n) is 3.32. The average molecular weight is 260 g/mol. The lowest BCUT2D eigenvalue weighted by Gasteiger charge is -2.08. The van der Waals surface area contributed by atoms with Crippen molar-refractivity contribution in [3.8, 4) is 0 Å². The van der Waals surface area contributed by atoms with Crippen LogP contribution in [-0.4, -0.2) is 9.36 Å². The van der Waals surface area contributed by atoms with E-state index in [9.17, 15) is 0 Å². The van der Waals surface area contributed by atoms with E-state index in [2.05, 4.69) is 21.6 Å². The smallest absolute Gasteiger partial charge is 0.142 e. The summed E-state index contributed by atoms with van der Waals surface area (Å²) < 4.78 is 4.26. The Labute approximate surface area is 110 Å². The molecule has 2 heterocycles. The van der Waals surface area contributed by atoms with Crippen LogP contribution in [0.5, 0.6) is 0 Å². The van der Waals surface area contributed by atoms with E-state index in [4.69, 9.17) is 5.73 Å². The van der Waals surface area contributed by atoms with Crippen LogP contribution in [0.1, 0.15) is 35.4 Å². The molecule has 1 saturated carbocycles. The number of aryl methyl sites for hydroxylation is 1. The van der Waals surface area contributed by atoms with Crippen LogP contribution < -0.4 is 11.1 Å². The van der Waals surface area contributed by atoms with Gasteiger partial charge in [-0.1, -0.05) is 0 Å². The third kappa shape index (κ3) is 2.18. The topological polar surface area (TPSA) is 63.8 Å². The first kappa shape index (κ1) is 11.5. The molecule has 18 heavy (non-hydrogen) atoms. The Morgan fingerprint density at radius 2 is 2.33 bits per heavy atom. The van der Waals surface area contributed by atoms with Gasteiger partial charge in [-0.25, -0.2) is 0 Å². The molecule has 0 saturated heterocycles. The monoisotopic (exact) mass is 260 g/mol. The van der Waals surface area contributed by atoms with Gasteiger partial charge in [-0.05, 0) is 54.4 Å². The Bertz CT molecular complexity index is 560. The molecular formula is C13H16N4S. The molecular weight excluding hydrogens is 244 g/mol. The summed E-state index contributed by atoms with van der Waals surface area (Å²) in [7, 11) is 0. The third-order valence-corrected chi connectivity index (χ3v) is 4.15. The molecule has 5 heteroatoms. The Morgan fingerprint density at radius 3 is 3.06 bits per heavy atom. The number of pyridine rings is 1. The molecule has 0 atom stereocenters. The van der Waals surface area contributed by atoms with Crippen molar-refractivity contribution in [1.82, 2.24) is 9.36 Å². The molecule has 4 nitrogen and oxygen atoms in total. The fourth-order valence-corrected chi connectivity index (χ4v) is 2.87. The van der Waals surface area contributed by atoms with E-state index in [1.807, 2.05) is 18.5 Å². The van der Waals surface area contributed by atoms with E-state index in [0.717, 1.165) is 11.5 Å². The van der Waals surface area contributed by atoms with Crippen LogP contribution >= 0.6 is 11.5 Å². The number of rotatable bonds is 4. The van der Waals surface area contributed by atoms with E-state index < -0.39 is 0 Å². The van der Waals surface area contributed by atoms with Gasteiger partial charge in [0.05, 0.1) is 0 Å². The van der Waals surface area contributed by atoms with Gasteiger partial charge in [0, 0.05) is 24.5 Å². The van der Waals surface area contributed by atoms with Crippen molar-refractivity contribution in [2.75, 3.05) is 11.1 Å². The summed E-state index contributed by atoms with van der Waals surface area (Å²) in [5.74, 6) is 1.33. The number of nitrogens with one attached hydrogen (secondary N) is 1. The normalized spacial score (nSPS) is 14.7. The van der Waals surface area contributed by atoms with Gasteiger partial charge >= 0.3 is 0 Å². The van der Waals surface area contributed by atoms with Gasteiger partial charge in [-0.2, -0.15) is 4.37 Å². The van der Waals surface area contributed by atoms with Gasteiger partial charge in [-0.3, -0.25) is 4.98 Å². The van der Waals surface area contributed by atoms with Crippen LogP contribution in [0.2, 0.25) is 0 Å². The summed E-state index contributed by atoms with van der Waals surface area (Å²) in [5.41, 5.74) is 9.63. The van der Waals surface area contributed by atoms with Crippen LogP contribution in [0.15, 0.2) is 18.5 Å². The highest BCUT2D eigenvalue weighted by atomic mass is 32.1. The first-order chi connectivity index (χ1) is 8.75. The van der Waals surface area contributed by atoms with Crippen molar-refractivity contribution in [1.29, 1.82) is 0 Å². The van der Waals surface area contributed by atoms with Crippen molar-refractivity contribution < 1.29 is 0 Å². The molecule has 0 spiro atoms. The molecule has 1 aliphatic carbocycles. The lowest BCUT2D eigenvalue weighted by molar-refractivity contribution is 1.07. The molecule has 2 aromatic heterocycles. The largest absolute Gasteiger partial charge is 0.383 e. The number of nitrogens with two attached hydrogens (primary N) is 1. The second-order valence-electron chi connectivity index (χ2n) is 4.74. The zero-order valence-electron chi connectivity index (χ0n) is 10.3. The molecule has 0 radical (unpaired) electrons. The van der Waals surface area contributed by atoms with Gasteiger partial charge < -0.3 is 11.1 Å². The minimum absolute atomic E-state index is 0.629. The molecule has 94 valence electrons. The van der Waals surface area contributed by atoms with Gasteiger partial charge in [0.25, 0.3) is 0 Å². The molecule has 0 aromatic carbocycles. The van der Waals surface area contributed by atoms with E-state index in [-0.39, 0.29) is 0 Å². The second-order valence-corrected chi connectivity index (χ2v) is 5.51. The summed E-state index contributed by atoms with van der Waals surface area (Å²) in [5, 5.41) is 4.59. The van der Waals surface area contributed by atoms with Gasteiger partial charge in [-0.15, -0.1) is 0 Å². The Hall–Kier alpha value is -1.62. The van der Waals surface area contributed by atoms with Crippen LogP contribution in [0.25, 0.3) is 0 Å². The molecule has 0 unspecified atom stereocenters. The van der Waals surface area contributed by atoms with Gasteiger partial charge in [0.1, 0.15) is 10.8 Å². The Morgan fingerprint density at radius 1 is 1.50 bits per heavy atom. The number of nitrogens with zero attached hydrogens (tertiary/aromatic N) is 2. The average Bonchev–Trinajstić information content (AvgIpc) is 3.13. The maximum Gasteiger partial charge on any atom is 0.142 e.